The first-order chi connectivity index (χ1) is 6.63. The van der Waals surface area contributed by atoms with Gasteiger partial charge in [0, 0.05) is 12.2 Å². The molecule has 3 nitrogen and oxygen atoms in total. The summed E-state index contributed by atoms with van der Waals surface area (Å²) in [6.07, 6.45) is 1.79. The van der Waals surface area contributed by atoms with Crippen LogP contribution in [-0.4, -0.2) is 9.61 Å². The van der Waals surface area contributed by atoms with Gasteiger partial charge in [0.15, 0.2) is 0 Å². The van der Waals surface area contributed by atoms with Crippen molar-refractivity contribution in [1.29, 1.82) is 0 Å². The normalized spacial score (nSPS) is 13.4. The monoisotopic (exact) mass is 189 g/mol. The smallest absolute Gasteiger partial charge is 0.0682 e. The van der Waals surface area contributed by atoms with E-state index >= 15 is 0 Å². The number of aryl methyl sites for hydroxylation is 1. The van der Waals surface area contributed by atoms with Crippen molar-refractivity contribution in [2.75, 3.05) is 0 Å². The first-order valence-corrected chi connectivity index (χ1v) is 4.81. The van der Waals surface area contributed by atoms with Crippen molar-refractivity contribution in [3.8, 4) is 0 Å². The van der Waals surface area contributed by atoms with Crippen LogP contribution >= 0.6 is 0 Å². The second kappa shape index (κ2) is 3.10. The summed E-state index contributed by atoms with van der Waals surface area (Å²) in [6, 6.07) is 4.04. The predicted molar refractivity (Wildman–Crippen MR) is 57.3 cm³/mol. The van der Waals surface area contributed by atoms with Gasteiger partial charge in [-0.05, 0) is 44.0 Å². The van der Waals surface area contributed by atoms with E-state index < -0.39 is 0 Å². The fourth-order valence-electron chi connectivity index (χ4n) is 1.93. The first-order valence-electron chi connectivity index (χ1n) is 4.81. The third-order valence-corrected chi connectivity index (χ3v) is 2.74. The quantitative estimate of drug-likeness (QED) is 0.745. The molecular weight excluding hydrogens is 174 g/mol. The maximum Gasteiger partial charge on any atom is 0.0682 e. The Morgan fingerprint density at radius 3 is 2.71 bits per heavy atom. The third kappa shape index (κ3) is 1.13. The second-order valence-electron chi connectivity index (χ2n) is 3.74. The number of rotatable bonds is 1. The first kappa shape index (κ1) is 9.21. The Morgan fingerprint density at radius 1 is 1.36 bits per heavy atom. The van der Waals surface area contributed by atoms with E-state index in [1.807, 2.05) is 17.5 Å². The fourth-order valence-corrected chi connectivity index (χ4v) is 1.93. The third-order valence-electron chi connectivity index (χ3n) is 2.74. The standard InChI is InChI=1S/C11H15N3/c1-7-8(2)11(9(3)12)14-10(7)5-4-6-13-14/h4-6,9H,12H2,1-3H3. The van der Waals surface area contributed by atoms with Gasteiger partial charge in [-0.3, -0.25) is 0 Å². The van der Waals surface area contributed by atoms with E-state index in [4.69, 9.17) is 5.73 Å². The van der Waals surface area contributed by atoms with Crippen LogP contribution in [0.3, 0.4) is 0 Å². The minimum Gasteiger partial charge on any atom is -0.323 e. The summed E-state index contributed by atoms with van der Waals surface area (Å²) in [4.78, 5) is 0. The minimum absolute atomic E-state index is 0.0195. The predicted octanol–water partition coefficient (Wildman–Crippen LogP) is 1.97. The molecule has 2 rings (SSSR count). The van der Waals surface area contributed by atoms with E-state index in [1.165, 1.54) is 11.1 Å². The van der Waals surface area contributed by atoms with Crippen LogP contribution in [-0.2, 0) is 0 Å². The van der Waals surface area contributed by atoms with Gasteiger partial charge < -0.3 is 5.73 Å². The van der Waals surface area contributed by atoms with Gasteiger partial charge in [-0.1, -0.05) is 0 Å². The molecule has 0 saturated heterocycles. The van der Waals surface area contributed by atoms with Gasteiger partial charge in [0.2, 0.25) is 0 Å². The molecule has 2 heterocycles. The summed E-state index contributed by atoms with van der Waals surface area (Å²) in [5.41, 5.74) is 10.7. The number of nitrogens with zero attached hydrogens (tertiary/aromatic N) is 2. The molecule has 0 aliphatic heterocycles. The number of fused-ring (bicyclic) bond motifs is 1. The van der Waals surface area contributed by atoms with Crippen LogP contribution < -0.4 is 5.73 Å². The molecule has 0 aliphatic rings. The van der Waals surface area contributed by atoms with Gasteiger partial charge in [-0.15, -0.1) is 0 Å². The van der Waals surface area contributed by atoms with Crippen LogP contribution in [0.15, 0.2) is 18.3 Å². The summed E-state index contributed by atoms with van der Waals surface area (Å²) in [6.45, 7) is 6.20. The van der Waals surface area contributed by atoms with E-state index in [9.17, 15) is 0 Å². The highest BCUT2D eigenvalue weighted by Gasteiger charge is 2.14. The highest BCUT2D eigenvalue weighted by atomic mass is 15.2. The SMILES string of the molecule is Cc1c(C)c2cccnn2c1C(C)N. The molecule has 1 unspecified atom stereocenters. The van der Waals surface area contributed by atoms with Gasteiger partial charge in [-0.2, -0.15) is 5.10 Å². The molecule has 0 amide bonds. The molecule has 2 aromatic rings. The van der Waals surface area contributed by atoms with Crippen molar-refractivity contribution in [3.63, 3.8) is 0 Å². The molecule has 2 N–H and O–H groups in total. The lowest BCUT2D eigenvalue weighted by Gasteiger charge is -2.06. The lowest BCUT2D eigenvalue weighted by Crippen LogP contribution is -2.10. The number of hydrogen-bond acceptors (Lipinski definition) is 2. The molecule has 0 saturated carbocycles. The average molecular weight is 189 g/mol. The maximum absolute atomic E-state index is 5.93. The van der Waals surface area contributed by atoms with Crippen molar-refractivity contribution in [1.82, 2.24) is 9.61 Å². The summed E-state index contributed by atoms with van der Waals surface area (Å²) in [7, 11) is 0. The zero-order chi connectivity index (χ0) is 10.3. The number of hydrogen-bond donors (Lipinski definition) is 1. The van der Waals surface area contributed by atoms with E-state index in [-0.39, 0.29) is 6.04 Å². The molecule has 0 radical (unpaired) electrons. The summed E-state index contributed by atoms with van der Waals surface area (Å²) < 4.78 is 1.94. The topological polar surface area (TPSA) is 43.3 Å². The van der Waals surface area contributed by atoms with Crippen molar-refractivity contribution in [3.05, 3.63) is 35.2 Å². The van der Waals surface area contributed by atoms with E-state index in [0.29, 0.717) is 0 Å². The molecule has 0 aromatic carbocycles. The van der Waals surface area contributed by atoms with Crippen LogP contribution in [0.25, 0.3) is 5.52 Å². The fraction of sp³-hybridized carbons (Fsp3) is 0.364. The van der Waals surface area contributed by atoms with Gasteiger partial charge in [0.1, 0.15) is 0 Å². The van der Waals surface area contributed by atoms with E-state index in [1.54, 1.807) is 6.20 Å². The lowest BCUT2D eigenvalue weighted by molar-refractivity contribution is 0.724. The van der Waals surface area contributed by atoms with Crippen LogP contribution in [0, 0.1) is 13.8 Å². The average Bonchev–Trinajstić information content (AvgIpc) is 2.41. The van der Waals surface area contributed by atoms with Gasteiger partial charge >= 0.3 is 0 Å². The molecule has 0 fully saturated rings. The molecule has 2 aromatic heterocycles. The molecule has 0 bridgehead atoms. The highest BCUT2D eigenvalue weighted by Crippen LogP contribution is 2.24. The summed E-state index contributed by atoms with van der Waals surface area (Å²) in [5.74, 6) is 0. The highest BCUT2D eigenvalue weighted by molar-refractivity contribution is 5.60. The lowest BCUT2D eigenvalue weighted by atomic mass is 10.1. The van der Waals surface area contributed by atoms with Crippen molar-refractivity contribution in [2.45, 2.75) is 26.8 Å². The Balaban J connectivity index is 2.88. The van der Waals surface area contributed by atoms with Crippen molar-refractivity contribution >= 4 is 5.52 Å². The summed E-state index contributed by atoms with van der Waals surface area (Å²) >= 11 is 0. The number of nitrogens with two attached hydrogens (primary N) is 1. The van der Waals surface area contributed by atoms with Gasteiger partial charge in [0.05, 0.1) is 11.2 Å². The van der Waals surface area contributed by atoms with E-state index in [0.717, 1.165) is 11.2 Å². The Kier molecular flexibility index (Phi) is 2.04. The van der Waals surface area contributed by atoms with Crippen LogP contribution in [0.5, 0.6) is 0 Å². The zero-order valence-corrected chi connectivity index (χ0v) is 8.78. The zero-order valence-electron chi connectivity index (χ0n) is 8.78. The Labute approximate surface area is 83.5 Å². The largest absolute Gasteiger partial charge is 0.323 e. The van der Waals surface area contributed by atoms with Gasteiger partial charge in [-0.25, -0.2) is 4.52 Å². The van der Waals surface area contributed by atoms with Crippen LogP contribution in [0.1, 0.15) is 29.8 Å². The van der Waals surface area contributed by atoms with E-state index in [2.05, 4.69) is 25.0 Å². The van der Waals surface area contributed by atoms with Gasteiger partial charge in [0.25, 0.3) is 0 Å². The Bertz CT molecular complexity index is 469. The molecule has 3 heteroatoms. The minimum atomic E-state index is 0.0195. The Hall–Kier alpha value is -1.35. The molecule has 14 heavy (non-hydrogen) atoms. The van der Waals surface area contributed by atoms with Crippen molar-refractivity contribution < 1.29 is 0 Å². The van der Waals surface area contributed by atoms with Crippen LogP contribution in [0.4, 0.5) is 0 Å². The summed E-state index contributed by atoms with van der Waals surface area (Å²) in [5, 5.41) is 4.32. The molecule has 74 valence electrons. The van der Waals surface area contributed by atoms with Crippen LogP contribution in [0.2, 0.25) is 0 Å². The van der Waals surface area contributed by atoms with Crippen molar-refractivity contribution in [2.24, 2.45) is 5.73 Å². The molecule has 0 spiro atoms. The molecule has 0 aliphatic carbocycles. The number of aromatic nitrogens is 2. The maximum atomic E-state index is 5.93. The Morgan fingerprint density at radius 2 is 2.07 bits per heavy atom. The second-order valence-corrected chi connectivity index (χ2v) is 3.74. The molecule has 1 atom stereocenters. The molecular formula is C11H15N3.